The van der Waals surface area contributed by atoms with Crippen molar-refractivity contribution in [1.29, 1.82) is 0 Å². The number of rotatable bonds is 4. The van der Waals surface area contributed by atoms with E-state index in [-0.39, 0.29) is 18.6 Å². The maximum absolute atomic E-state index is 11.8. The van der Waals surface area contributed by atoms with Crippen LogP contribution in [0.5, 0.6) is 0 Å². The normalized spacial score (nSPS) is 12.2. The predicted octanol–water partition coefficient (Wildman–Crippen LogP) is 2.60. The number of benzene rings is 1. The van der Waals surface area contributed by atoms with E-state index in [0.29, 0.717) is 21.5 Å². The highest BCUT2D eigenvalue weighted by molar-refractivity contribution is 9.10. The van der Waals surface area contributed by atoms with Gasteiger partial charge < -0.3 is 10.4 Å². The number of hydrogen-bond acceptors (Lipinski definition) is 2. The molecule has 0 heterocycles. The number of aliphatic hydroxyl groups excluding tert-OH is 1. The Morgan fingerprint density at radius 2 is 2.31 bits per heavy atom. The molecule has 2 N–H and O–H groups in total. The number of carbonyl (C=O) groups is 1. The summed E-state index contributed by atoms with van der Waals surface area (Å²) in [6.45, 7) is 1.84. The molecule has 0 radical (unpaired) electrons. The second-order valence-electron chi connectivity index (χ2n) is 3.39. The van der Waals surface area contributed by atoms with Crippen molar-refractivity contribution in [1.82, 2.24) is 5.32 Å². The second kappa shape index (κ2) is 6.23. The average molecular weight is 307 g/mol. The van der Waals surface area contributed by atoms with Crippen LogP contribution in [0.2, 0.25) is 5.02 Å². The molecular weight excluding hydrogens is 293 g/mol. The first-order valence-corrected chi connectivity index (χ1v) is 6.12. The van der Waals surface area contributed by atoms with Crippen LogP contribution in [0.15, 0.2) is 22.7 Å². The molecule has 0 aliphatic carbocycles. The van der Waals surface area contributed by atoms with Crippen molar-refractivity contribution in [2.24, 2.45) is 0 Å². The van der Waals surface area contributed by atoms with E-state index in [4.69, 9.17) is 16.7 Å². The fraction of sp³-hybridized carbons (Fsp3) is 0.364. The lowest BCUT2D eigenvalue weighted by Crippen LogP contribution is -2.36. The van der Waals surface area contributed by atoms with E-state index in [2.05, 4.69) is 21.2 Å². The Bertz CT molecular complexity index is 380. The third-order valence-corrected chi connectivity index (χ3v) is 3.44. The third kappa shape index (κ3) is 3.47. The fourth-order valence-electron chi connectivity index (χ4n) is 1.18. The summed E-state index contributed by atoms with van der Waals surface area (Å²) in [5.74, 6) is -0.210. The van der Waals surface area contributed by atoms with Gasteiger partial charge in [-0.05, 0) is 40.5 Å². The van der Waals surface area contributed by atoms with Gasteiger partial charge in [-0.25, -0.2) is 0 Å². The Kier molecular flexibility index (Phi) is 5.25. The van der Waals surface area contributed by atoms with E-state index in [9.17, 15) is 4.79 Å². The fourth-order valence-corrected chi connectivity index (χ4v) is 1.68. The van der Waals surface area contributed by atoms with Gasteiger partial charge in [0, 0.05) is 10.0 Å². The minimum Gasteiger partial charge on any atom is -0.394 e. The first kappa shape index (κ1) is 13.5. The van der Waals surface area contributed by atoms with Crippen LogP contribution in [0.25, 0.3) is 0 Å². The quantitative estimate of drug-likeness (QED) is 0.898. The van der Waals surface area contributed by atoms with Crippen LogP contribution < -0.4 is 5.32 Å². The highest BCUT2D eigenvalue weighted by atomic mass is 79.9. The number of aliphatic hydroxyl groups is 1. The molecule has 0 fully saturated rings. The third-order valence-electron chi connectivity index (χ3n) is 2.23. The lowest BCUT2D eigenvalue weighted by molar-refractivity contribution is 0.0915. The van der Waals surface area contributed by atoms with Gasteiger partial charge in [-0.3, -0.25) is 4.79 Å². The summed E-state index contributed by atoms with van der Waals surface area (Å²) in [6, 6.07) is 4.75. The minimum atomic E-state index is -0.210. The van der Waals surface area contributed by atoms with Crippen molar-refractivity contribution >= 4 is 33.4 Å². The Hall–Kier alpha value is -0.580. The molecular formula is C11H13BrClNO2. The van der Waals surface area contributed by atoms with Gasteiger partial charge in [0.15, 0.2) is 0 Å². The van der Waals surface area contributed by atoms with Crippen LogP contribution in [0.3, 0.4) is 0 Å². The molecule has 1 atom stereocenters. The molecule has 0 unspecified atom stereocenters. The zero-order valence-electron chi connectivity index (χ0n) is 8.84. The van der Waals surface area contributed by atoms with Crippen LogP contribution in [-0.4, -0.2) is 23.7 Å². The minimum absolute atomic E-state index is 0.0585. The van der Waals surface area contributed by atoms with Crippen molar-refractivity contribution in [3.8, 4) is 0 Å². The summed E-state index contributed by atoms with van der Waals surface area (Å²) in [5, 5.41) is 12.3. The Balaban J connectivity index is 2.76. The molecule has 1 aromatic carbocycles. The first-order valence-electron chi connectivity index (χ1n) is 4.95. The van der Waals surface area contributed by atoms with Gasteiger partial charge >= 0.3 is 0 Å². The van der Waals surface area contributed by atoms with E-state index in [1.54, 1.807) is 18.2 Å². The lowest BCUT2D eigenvalue weighted by atomic mass is 10.2. The van der Waals surface area contributed by atoms with Gasteiger partial charge in [0.25, 0.3) is 5.91 Å². The molecule has 0 aliphatic heterocycles. The monoisotopic (exact) mass is 305 g/mol. The van der Waals surface area contributed by atoms with E-state index in [0.717, 1.165) is 0 Å². The molecule has 1 amide bonds. The molecule has 3 nitrogen and oxygen atoms in total. The SMILES string of the molecule is CC[C@H](CO)NC(=O)c1ccc(Cl)c(Br)c1. The van der Waals surface area contributed by atoms with Gasteiger partial charge in [0.05, 0.1) is 17.7 Å². The van der Waals surface area contributed by atoms with E-state index < -0.39 is 0 Å². The summed E-state index contributed by atoms with van der Waals surface area (Å²) in [5.41, 5.74) is 0.517. The molecule has 0 bridgehead atoms. The van der Waals surface area contributed by atoms with Crippen molar-refractivity contribution in [3.05, 3.63) is 33.3 Å². The number of hydrogen-bond donors (Lipinski definition) is 2. The largest absolute Gasteiger partial charge is 0.394 e. The topological polar surface area (TPSA) is 49.3 Å². The molecule has 0 aromatic heterocycles. The van der Waals surface area contributed by atoms with Crippen molar-refractivity contribution < 1.29 is 9.90 Å². The maximum atomic E-state index is 11.8. The van der Waals surface area contributed by atoms with Crippen molar-refractivity contribution in [3.63, 3.8) is 0 Å². The van der Waals surface area contributed by atoms with E-state index in [1.165, 1.54) is 0 Å². The highest BCUT2D eigenvalue weighted by Crippen LogP contribution is 2.23. The number of carbonyl (C=O) groups excluding carboxylic acids is 1. The zero-order valence-corrected chi connectivity index (χ0v) is 11.2. The smallest absolute Gasteiger partial charge is 0.251 e. The van der Waals surface area contributed by atoms with Gasteiger partial charge in [-0.2, -0.15) is 0 Å². The molecule has 0 saturated carbocycles. The number of nitrogens with one attached hydrogen (secondary N) is 1. The summed E-state index contributed by atoms with van der Waals surface area (Å²) in [7, 11) is 0. The van der Waals surface area contributed by atoms with Crippen LogP contribution in [0.4, 0.5) is 0 Å². The molecule has 0 aliphatic rings. The Morgan fingerprint density at radius 3 is 2.81 bits per heavy atom. The lowest BCUT2D eigenvalue weighted by Gasteiger charge is -2.14. The van der Waals surface area contributed by atoms with Gasteiger partial charge in [-0.15, -0.1) is 0 Å². The molecule has 16 heavy (non-hydrogen) atoms. The summed E-state index contributed by atoms with van der Waals surface area (Å²) >= 11 is 9.08. The van der Waals surface area contributed by atoms with Crippen LogP contribution >= 0.6 is 27.5 Å². The van der Waals surface area contributed by atoms with E-state index >= 15 is 0 Å². The second-order valence-corrected chi connectivity index (χ2v) is 4.65. The Labute approximate surface area is 108 Å². The molecule has 0 saturated heterocycles. The van der Waals surface area contributed by atoms with Crippen LogP contribution in [-0.2, 0) is 0 Å². The standard InChI is InChI=1S/C11H13BrClNO2/c1-2-8(6-15)14-11(16)7-3-4-10(13)9(12)5-7/h3-5,8,15H,2,6H2,1H3,(H,14,16)/t8-/m1/s1. The highest BCUT2D eigenvalue weighted by Gasteiger charge is 2.12. The molecule has 5 heteroatoms. The van der Waals surface area contributed by atoms with Gasteiger partial charge in [0.2, 0.25) is 0 Å². The molecule has 1 rings (SSSR count). The Morgan fingerprint density at radius 1 is 1.62 bits per heavy atom. The van der Waals surface area contributed by atoms with Crippen LogP contribution in [0, 0.1) is 0 Å². The first-order chi connectivity index (χ1) is 7.58. The number of amides is 1. The van der Waals surface area contributed by atoms with Crippen LogP contribution in [0.1, 0.15) is 23.7 Å². The summed E-state index contributed by atoms with van der Waals surface area (Å²) in [4.78, 5) is 11.8. The number of halogens is 2. The molecule has 88 valence electrons. The maximum Gasteiger partial charge on any atom is 0.251 e. The van der Waals surface area contributed by atoms with E-state index in [1.807, 2.05) is 6.92 Å². The summed E-state index contributed by atoms with van der Waals surface area (Å²) in [6.07, 6.45) is 0.691. The average Bonchev–Trinajstić information content (AvgIpc) is 2.29. The van der Waals surface area contributed by atoms with Gasteiger partial charge in [-0.1, -0.05) is 18.5 Å². The molecule has 0 spiro atoms. The predicted molar refractivity (Wildman–Crippen MR) is 67.8 cm³/mol. The van der Waals surface area contributed by atoms with Crippen molar-refractivity contribution in [2.45, 2.75) is 19.4 Å². The van der Waals surface area contributed by atoms with Gasteiger partial charge in [0.1, 0.15) is 0 Å². The molecule has 1 aromatic rings. The zero-order chi connectivity index (χ0) is 12.1. The summed E-state index contributed by atoms with van der Waals surface area (Å²) < 4.78 is 0.680. The van der Waals surface area contributed by atoms with Crippen molar-refractivity contribution in [2.75, 3.05) is 6.61 Å².